The van der Waals surface area contributed by atoms with E-state index in [0.717, 1.165) is 10.9 Å². The number of rotatable bonds is 4. The van der Waals surface area contributed by atoms with E-state index in [-0.39, 0.29) is 6.54 Å². The normalized spacial score (nSPS) is 15.4. The SMILES string of the molecule is O=C(NCC1(C(=O)O)CC1)Nc1cnc2ccccc2c1. The number of hydrogen-bond donors (Lipinski definition) is 3. The Kier molecular flexibility index (Phi) is 3.21. The number of para-hydroxylation sites is 1. The van der Waals surface area contributed by atoms with Crippen molar-refractivity contribution in [2.45, 2.75) is 12.8 Å². The largest absolute Gasteiger partial charge is 0.481 e. The minimum atomic E-state index is -0.852. The lowest BCUT2D eigenvalue weighted by molar-refractivity contribution is -0.143. The lowest BCUT2D eigenvalue weighted by Gasteiger charge is -2.12. The number of nitrogens with zero attached hydrogens (tertiary/aromatic N) is 1. The van der Waals surface area contributed by atoms with Crippen molar-refractivity contribution < 1.29 is 14.7 Å². The lowest BCUT2D eigenvalue weighted by Crippen LogP contribution is -2.36. The van der Waals surface area contributed by atoms with Crippen LogP contribution in [0.15, 0.2) is 36.5 Å². The first-order chi connectivity index (χ1) is 10.1. The molecule has 0 unspecified atom stereocenters. The number of aliphatic carboxylic acids is 1. The number of carbonyl (C=O) groups excluding carboxylic acids is 1. The molecule has 2 amide bonds. The molecule has 0 saturated heterocycles. The third-order valence-corrected chi connectivity index (χ3v) is 3.74. The summed E-state index contributed by atoms with van der Waals surface area (Å²) in [6, 6.07) is 9.01. The summed E-state index contributed by atoms with van der Waals surface area (Å²) >= 11 is 0. The number of carboxylic acid groups (broad SMARTS) is 1. The second-order valence-corrected chi connectivity index (χ2v) is 5.31. The standard InChI is InChI=1S/C15H15N3O3/c19-13(20)15(5-6-15)9-17-14(21)18-11-7-10-3-1-2-4-12(10)16-8-11/h1-4,7-8H,5-6,9H2,(H,19,20)(H2,17,18,21). The van der Waals surface area contributed by atoms with Crippen molar-refractivity contribution in [2.75, 3.05) is 11.9 Å². The fraction of sp³-hybridized carbons (Fsp3) is 0.267. The van der Waals surface area contributed by atoms with E-state index in [9.17, 15) is 9.59 Å². The van der Waals surface area contributed by atoms with E-state index < -0.39 is 17.4 Å². The van der Waals surface area contributed by atoms with Crippen molar-refractivity contribution in [3.63, 3.8) is 0 Å². The summed E-state index contributed by atoms with van der Waals surface area (Å²) in [5, 5.41) is 15.2. The highest BCUT2D eigenvalue weighted by Gasteiger charge is 2.50. The van der Waals surface area contributed by atoms with Crippen molar-refractivity contribution in [3.8, 4) is 0 Å². The Balaban J connectivity index is 1.62. The Labute approximate surface area is 121 Å². The Morgan fingerprint density at radius 3 is 2.76 bits per heavy atom. The Morgan fingerprint density at radius 2 is 2.05 bits per heavy atom. The number of pyridine rings is 1. The first-order valence-electron chi connectivity index (χ1n) is 6.72. The molecule has 0 atom stereocenters. The van der Waals surface area contributed by atoms with Crippen LogP contribution in [0.5, 0.6) is 0 Å². The molecule has 21 heavy (non-hydrogen) atoms. The summed E-state index contributed by atoms with van der Waals surface area (Å²) in [4.78, 5) is 27.1. The van der Waals surface area contributed by atoms with E-state index in [1.54, 1.807) is 6.20 Å². The molecule has 6 heteroatoms. The summed E-state index contributed by atoms with van der Waals surface area (Å²) in [7, 11) is 0. The summed E-state index contributed by atoms with van der Waals surface area (Å²) in [5.74, 6) is -0.852. The third-order valence-electron chi connectivity index (χ3n) is 3.74. The van der Waals surface area contributed by atoms with Crippen LogP contribution in [0.3, 0.4) is 0 Å². The highest BCUT2D eigenvalue weighted by Crippen LogP contribution is 2.45. The number of anilines is 1. The van der Waals surface area contributed by atoms with E-state index in [1.807, 2.05) is 30.3 Å². The first kappa shape index (κ1) is 13.4. The number of amides is 2. The molecule has 3 rings (SSSR count). The minimum absolute atomic E-state index is 0.148. The molecule has 3 N–H and O–H groups in total. The molecule has 1 aliphatic rings. The van der Waals surface area contributed by atoms with Gasteiger partial charge in [0.15, 0.2) is 0 Å². The highest BCUT2D eigenvalue weighted by molar-refractivity contribution is 5.92. The van der Waals surface area contributed by atoms with Gasteiger partial charge in [0.1, 0.15) is 0 Å². The van der Waals surface area contributed by atoms with Gasteiger partial charge in [-0.1, -0.05) is 18.2 Å². The van der Waals surface area contributed by atoms with Crippen molar-refractivity contribution in [1.82, 2.24) is 10.3 Å². The zero-order valence-corrected chi connectivity index (χ0v) is 11.3. The lowest BCUT2D eigenvalue weighted by atomic mass is 10.1. The number of carbonyl (C=O) groups is 2. The number of benzene rings is 1. The smallest absolute Gasteiger partial charge is 0.319 e. The van der Waals surface area contributed by atoms with Crippen LogP contribution in [0.1, 0.15) is 12.8 Å². The average Bonchev–Trinajstić information content (AvgIpc) is 3.26. The van der Waals surface area contributed by atoms with Crippen LogP contribution in [0, 0.1) is 5.41 Å². The molecular formula is C15H15N3O3. The molecule has 6 nitrogen and oxygen atoms in total. The summed E-state index contributed by atoms with van der Waals surface area (Å²) < 4.78 is 0. The van der Waals surface area contributed by atoms with Crippen LogP contribution in [0.4, 0.5) is 10.5 Å². The highest BCUT2D eigenvalue weighted by atomic mass is 16.4. The summed E-state index contributed by atoms with van der Waals surface area (Å²) in [6.07, 6.45) is 2.80. The second kappa shape index (κ2) is 5.05. The molecule has 1 aromatic carbocycles. The van der Waals surface area contributed by atoms with Gasteiger partial charge in [-0.3, -0.25) is 9.78 Å². The first-order valence-corrected chi connectivity index (χ1v) is 6.72. The van der Waals surface area contributed by atoms with Crippen LogP contribution in [0.2, 0.25) is 0 Å². The fourth-order valence-corrected chi connectivity index (χ4v) is 2.18. The Morgan fingerprint density at radius 1 is 1.29 bits per heavy atom. The van der Waals surface area contributed by atoms with Crippen molar-refractivity contribution >= 4 is 28.6 Å². The van der Waals surface area contributed by atoms with Gasteiger partial charge in [-0.15, -0.1) is 0 Å². The van der Waals surface area contributed by atoms with Gasteiger partial charge in [-0.2, -0.15) is 0 Å². The van der Waals surface area contributed by atoms with Crippen molar-refractivity contribution in [2.24, 2.45) is 5.41 Å². The maximum atomic E-state index is 11.8. The van der Waals surface area contributed by atoms with Crippen molar-refractivity contribution in [1.29, 1.82) is 0 Å². The van der Waals surface area contributed by atoms with Crippen LogP contribution in [-0.2, 0) is 4.79 Å². The van der Waals surface area contributed by atoms with Gasteiger partial charge in [0, 0.05) is 11.9 Å². The molecule has 108 valence electrons. The maximum absolute atomic E-state index is 11.8. The fourth-order valence-electron chi connectivity index (χ4n) is 2.18. The molecular weight excluding hydrogens is 270 g/mol. The number of nitrogens with one attached hydrogen (secondary N) is 2. The summed E-state index contributed by atoms with van der Waals surface area (Å²) in [6.45, 7) is 0.148. The van der Waals surface area contributed by atoms with Gasteiger partial charge in [0.05, 0.1) is 22.8 Å². The van der Waals surface area contributed by atoms with Crippen LogP contribution >= 0.6 is 0 Å². The Bertz CT molecular complexity index is 710. The zero-order valence-electron chi connectivity index (χ0n) is 11.3. The zero-order chi connectivity index (χ0) is 14.9. The van der Waals surface area contributed by atoms with Crippen LogP contribution in [-0.4, -0.2) is 28.6 Å². The van der Waals surface area contributed by atoms with E-state index in [4.69, 9.17) is 5.11 Å². The number of aromatic nitrogens is 1. The number of carboxylic acids is 1. The average molecular weight is 285 g/mol. The number of hydrogen-bond acceptors (Lipinski definition) is 3. The third kappa shape index (κ3) is 2.79. The van der Waals surface area contributed by atoms with E-state index in [2.05, 4.69) is 15.6 Å². The quantitative estimate of drug-likeness (QED) is 0.803. The summed E-state index contributed by atoms with van der Waals surface area (Å²) in [5.41, 5.74) is 0.663. The molecule has 2 aromatic rings. The van der Waals surface area contributed by atoms with E-state index in [1.165, 1.54) is 0 Å². The molecule has 1 aromatic heterocycles. The van der Waals surface area contributed by atoms with Gasteiger partial charge in [0.2, 0.25) is 0 Å². The number of fused-ring (bicyclic) bond motifs is 1. The van der Waals surface area contributed by atoms with Gasteiger partial charge in [-0.25, -0.2) is 4.79 Å². The predicted octanol–water partition coefficient (Wildman–Crippen LogP) is 2.22. The molecule has 1 heterocycles. The molecule has 1 fully saturated rings. The molecule has 0 radical (unpaired) electrons. The van der Waals surface area contributed by atoms with Gasteiger partial charge >= 0.3 is 12.0 Å². The van der Waals surface area contributed by atoms with Gasteiger partial charge < -0.3 is 15.7 Å². The maximum Gasteiger partial charge on any atom is 0.319 e. The monoisotopic (exact) mass is 285 g/mol. The molecule has 1 aliphatic carbocycles. The molecule has 0 aliphatic heterocycles. The van der Waals surface area contributed by atoms with Crippen LogP contribution in [0.25, 0.3) is 10.9 Å². The van der Waals surface area contributed by atoms with Crippen LogP contribution < -0.4 is 10.6 Å². The second-order valence-electron chi connectivity index (χ2n) is 5.31. The molecule has 1 saturated carbocycles. The number of urea groups is 1. The topological polar surface area (TPSA) is 91.3 Å². The predicted molar refractivity (Wildman–Crippen MR) is 78.1 cm³/mol. The molecule has 0 bridgehead atoms. The molecule has 0 spiro atoms. The Hall–Kier alpha value is -2.63. The van der Waals surface area contributed by atoms with Gasteiger partial charge in [0.25, 0.3) is 0 Å². The van der Waals surface area contributed by atoms with E-state index >= 15 is 0 Å². The minimum Gasteiger partial charge on any atom is -0.481 e. The van der Waals surface area contributed by atoms with Crippen molar-refractivity contribution in [3.05, 3.63) is 36.5 Å². The van der Waals surface area contributed by atoms with Gasteiger partial charge in [-0.05, 0) is 25.0 Å². The van der Waals surface area contributed by atoms with E-state index in [0.29, 0.717) is 18.5 Å².